The van der Waals surface area contributed by atoms with E-state index < -0.39 is 0 Å². The molecule has 2 aliphatic heterocycles. The van der Waals surface area contributed by atoms with Gasteiger partial charge in [-0.25, -0.2) is 0 Å². The van der Waals surface area contributed by atoms with Crippen LogP contribution >= 0.6 is 0 Å². The molecule has 0 bridgehead atoms. The predicted molar refractivity (Wildman–Crippen MR) is 65.0 cm³/mol. The number of hydrogen-bond acceptors (Lipinski definition) is 2. The first-order chi connectivity index (χ1) is 7.29. The molecule has 2 rings (SSSR count). The van der Waals surface area contributed by atoms with Gasteiger partial charge in [0.2, 0.25) is 0 Å². The van der Waals surface area contributed by atoms with Crippen LogP contribution in [0.2, 0.25) is 0 Å². The van der Waals surface area contributed by atoms with Crippen LogP contribution in [0.15, 0.2) is 0 Å². The first kappa shape index (κ1) is 11.4. The van der Waals surface area contributed by atoms with E-state index in [1.807, 2.05) is 0 Å². The van der Waals surface area contributed by atoms with Crippen LogP contribution in [-0.4, -0.2) is 37.6 Å². The van der Waals surface area contributed by atoms with Gasteiger partial charge in [-0.1, -0.05) is 20.3 Å². The summed E-state index contributed by atoms with van der Waals surface area (Å²) < 4.78 is 0. The van der Waals surface area contributed by atoms with Gasteiger partial charge in [0.05, 0.1) is 0 Å². The van der Waals surface area contributed by atoms with Gasteiger partial charge in [0.15, 0.2) is 0 Å². The molecule has 0 saturated carbocycles. The molecule has 0 aromatic rings. The second kappa shape index (κ2) is 5.31. The highest BCUT2D eigenvalue weighted by molar-refractivity contribution is 4.83. The molecule has 1 N–H and O–H groups in total. The van der Waals surface area contributed by atoms with E-state index in [0.717, 1.165) is 17.8 Å². The molecule has 2 aliphatic rings. The molecule has 0 spiro atoms. The molecule has 0 amide bonds. The number of hydrogen-bond donors (Lipinski definition) is 1. The van der Waals surface area contributed by atoms with Crippen LogP contribution in [-0.2, 0) is 0 Å². The van der Waals surface area contributed by atoms with Crippen molar-refractivity contribution in [1.29, 1.82) is 0 Å². The maximum absolute atomic E-state index is 3.38. The maximum Gasteiger partial charge on any atom is 0.00107 e. The predicted octanol–water partition coefficient (Wildman–Crippen LogP) is 1.96. The van der Waals surface area contributed by atoms with Crippen LogP contribution in [0, 0.1) is 17.8 Å². The molecule has 0 aromatic carbocycles. The quantitative estimate of drug-likeness (QED) is 0.746. The first-order valence-corrected chi connectivity index (χ1v) is 6.72. The zero-order chi connectivity index (χ0) is 10.7. The van der Waals surface area contributed by atoms with Gasteiger partial charge < -0.3 is 10.2 Å². The SMILES string of the molecule is CCCC1CCN(CC(C)C2CNC2)C1. The average molecular weight is 210 g/mol. The van der Waals surface area contributed by atoms with Crippen molar-refractivity contribution in [2.24, 2.45) is 17.8 Å². The van der Waals surface area contributed by atoms with Crippen molar-refractivity contribution >= 4 is 0 Å². The Kier molecular flexibility index (Phi) is 4.04. The van der Waals surface area contributed by atoms with E-state index in [2.05, 4.69) is 24.1 Å². The summed E-state index contributed by atoms with van der Waals surface area (Å²) >= 11 is 0. The summed E-state index contributed by atoms with van der Waals surface area (Å²) in [5.74, 6) is 2.85. The molecule has 2 nitrogen and oxygen atoms in total. The van der Waals surface area contributed by atoms with Crippen LogP contribution in [0.3, 0.4) is 0 Å². The van der Waals surface area contributed by atoms with Crippen molar-refractivity contribution < 1.29 is 0 Å². The molecule has 2 heterocycles. The topological polar surface area (TPSA) is 15.3 Å². The Morgan fingerprint density at radius 1 is 1.40 bits per heavy atom. The van der Waals surface area contributed by atoms with Crippen molar-refractivity contribution in [3.05, 3.63) is 0 Å². The molecule has 2 unspecified atom stereocenters. The Hall–Kier alpha value is -0.0800. The first-order valence-electron chi connectivity index (χ1n) is 6.72. The Bertz CT molecular complexity index is 189. The van der Waals surface area contributed by atoms with E-state index >= 15 is 0 Å². The normalized spacial score (nSPS) is 30.4. The van der Waals surface area contributed by atoms with Crippen LogP contribution in [0.5, 0.6) is 0 Å². The number of nitrogens with zero attached hydrogens (tertiary/aromatic N) is 1. The Morgan fingerprint density at radius 3 is 2.80 bits per heavy atom. The van der Waals surface area contributed by atoms with Gasteiger partial charge in [0, 0.05) is 13.1 Å². The summed E-state index contributed by atoms with van der Waals surface area (Å²) in [6.45, 7) is 11.3. The molecular weight excluding hydrogens is 184 g/mol. The highest BCUT2D eigenvalue weighted by Crippen LogP contribution is 2.24. The second-order valence-corrected chi connectivity index (χ2v) is 5.60. The van der Waals surface area contributed by atoms with Crippen molar-refractivity contribution in [3.63, 3.8) is 0 Å². The fraction of sp³-hybridized carbons (Fsp3) is 1.00. The molecule has 2 heteroatoms. The second-order valence-electron chi connectivity index (χ2n) is 5.60. The van der Waals surface area contributed by atoms with E-state index in [1.165, 1.54) is 52.0 Å². The van der Waals surface area contributed by atoms with Crippen molar-refractivity contribution in [1.82, 2.24) is 10.2 Å². The third-order valence-electron chi connectivity index (χ3n) is 4.23. The van der Waals surface area contributed by atoms with E-state index in [0.29, 0.717) is 0 Å². The van der Waals surface area contributed by atoms with Gasteiger partial charge >= 0.3 is 0 Å². The lowest BCUT2D eigenvalue weighted by molar-refractivity contribution is 0.182. The minimum absolute atomic E-state index is 0.895. The largest absolute Gasteiger partial charge is 0.316 e. The number of nitrogens with one attached hydrogen (secondary N) is 1. The van der Waals surface area contributed by atoms with Gasteiger partial charge in [-0.2, -0.15) is 0 Å². The Labute approximate surface area is 94.4 Å². The van der Waals surface area contributed by atoms with Crippen molar-refractivity contribution in [2.45, 2.75) is 33.1 Å². The molecule has 88 valence electrons. The molecular formula is C13H26N2. The maximum atomic E-state index is 3.38. The lowest BCUT2D eigenvalue weighted by Crippen LogP contribution is -2.48. The number of likely N-dealkylation sites (tertiary alicyclic amines) is 1. The molecule has 2 atom stereocenters. The smallest absolute Gasteiger partial charge is 0.00107 e. The molecule has 2 fully saturated rings. The Balaban J connectivity index is 1.67. The van der Waals surface area contributed by atoms with Crippen molar-refractivity contribution in [2.75, 3.05) is 32.7 Å². The van der Waals surface area contributed by atoms with Crippen LogP contribution in [0.1, 0.15) is 33.1 Å². The lowest BCUT2D eigenvalue weighted by Gasteiger charge is -2.34. The van der Waals surface area contributed by atoms with E-state index in [-0.39, 0.29) is 0 Å². The zero-order valence-corrected chi connectivity index (χ0v) is 10.3. The lowest BCUT2D eigenvalue weighted by atomic mass is 9.88. The van der Waals surface area contributed by atoms with Gasteiger partial charge in [-0.3, -0.25) is 0 Å². The standard InChI is InChI=1S/C13H26N2/c1-3-4-12-5-6-15(10-12)9-11(2)13-7-14-8-13/h11-14H,3-10H2,1-2H3. The van der Waals surface area contributed by atoms with Crippen LogP contribution < -0.4 is 5.32 Å². The number of rotatable bonds is 5. The minimum Gasteiger partial charge on any atom is -0.316 e. The Morgan fingerprint density at radius 2 is 2.20 bits per heavy atom. The summed E-state index contributed by atoms with van der Waals surface area (Å²) in [4.78, 5) is 2.70. The zero-order valence-electron chi connectivity index (χ0n) is 10.3. The van der Waals surface area contributed by atoms with Crippen LogP contribution in [0.4, 0.5) is 0 Å². The highest BCUT2D eigenvalue weighted by atomic mass is 15.1. The summed E-state index contributed by atoms with van der Waals surface area (Å²) in [5, 5.41) is 3.38. The molecule has 0 radical (unpaired) electrons. The fourth-order valence-electron chi connectivity index (χ4n) is 2.99. The van der Waals surface area contributed by atoms with Crippen LogP contribution in [0.25, 0.3) is 0 Å². The summed E-state index contributed by atoms with van der Waals surface area (Å²) in [5.41, 5.74) is 0. The van der Waals surface area contributed by atoms with Gasteiger partial charge in [0.25, 0.3) is 0 Å². The molecule has 2 saturated heterocycles. The monoisotopic (exact) mass is 210 g/mol. The van der Waals surface area contributed by atoms with E-state index in [1.54, 1.807) is 0 Å². The molecule has 0 aliphatic carbocycles. The highest BCUT2D eigenvalue weighted by Gasteiger charge is 2.28. The van der Waals surface area contributed by atoms with Gasteiger partial charge in [-0.15, -0.1) is 0 Å². The summed E-state index contributed by atoms with van der Waals surface area (Å²) in [6.07, 6.45) is 4.25. The summed E-state index contributed by atoms with van der Waals surface area (Å²) in [6, 6.07) is 0. The average Bonchev–Trinajstić information content (AvgIpc) is 2.49. The third-order valence-corrected chi connectivity index (χ3v) is 4.23. The van der Waals surface area contributed by atoms with Gasteiger partial charge in [0.1, 0.15) is 0 Å². The van der Waals surface area contributed by atoms with E-state index in [4.69, 9.17) is 0 Å². The van der Waals surface area contributed by atoms with Crippen molar-refractivity contribution in [3.8, 4) is 0 Å². The molecule has 15 heavy (non-hydrogen) atoms. The van der Waals surface area contributed by atoms with Gasteiger partial charge in [-0.05, 0) is 50.2 Å². The fourth-order valence-corrected chi connectivity index (χ4v) is 2.99. The third kappa shape index (κ3) is 2.94. The minimum atomic E-state index is 0.895. The van der Waals surface area contributed by atoms with E-state index in [9.17, 15) is 0 Å². The summed E-state index contributed by atoms with van der Waals surface area (Å²) in [7, 11) is 0. The molecule has 0 aromatic heterocycles.